The van der Waals surface area contributed by atoms with Gasteiger partial charge in [0.1, 0.15) is 28.4 Å². The third kappa shape index (κ3) is 4.47. The predicted octanol–water partition coefficient (Wildman–Crippen LogP) is 7.24. The highest BCUT2D eigenvalue weighted by Crippen LogP contribution is 2.68. The molecule has 1 spiro atoms. The van der Waals surface area contributed by atoms with Crippen LogP contribution >= 0.6 is 0 Å². The Labute approximate surface area is 270 Å². The summed E-state index contributed by atoms with van der Waals surface area (Å²) in [5, 5.41) is 21.4. The molecule has 0 radical (unpaired) electrons. The van der Waals surface area contributed by atoms with Gasteiger partial charge in [-0.05, 0) is 93.2 Å². The number of hydrogen-bond donors (Lipinski definition) is 2. The molecule has 244 valence electrons. The number of carboxylic acids is 1. The molecule has 4 bridgehead atoms. The van der Waals surface area contributed by atoms with Crippen LogP contribution < -0.4 is 9.47 Å². The first-order chi connectivity index (χ1) is 21.5. The number of hydrogen-bond acceptors (Lipinski definition) is 7. The number of carbonyl (C=O) groups excluding carboxylic acids is 2. The number of carboxylic acid groups (broad SMARTS) is 1. The number of phenolic OH excluding ortho intramolecular Hbond substituents is 1. The van der Waals surface area contributed by atoms with Gasteiger partial charge in [-0.3, -0.25) is 9.59 Å². The summed E-state index contributed by atoms with van der Waals surface area (Å²) in [6.07, 6.45) is 13.4. The Balaban J connectivity index is 1.59. The Morgan fingerprint density at radius 2 is 1.70 bits per heavy atom. The van der Waals surface area contributed by atoms with Gasteiger partial charge in [0.25, 0.3) is 0 Å². The number of benzene rings is 1. The van der Waals surface area contributed by atoms with Crippen molar-refractivity contribution in [3.05, 3.63) is 69.4 Å². The lowest BCUT2D eigenvalue weighted by atomic mass is 9.51. The van der Waals surface area contributed by atoms with E-state index in [9.17, 15) is 24.6 Å². The molecule has 1 aromatic rings. The molecule has 2 unspecified atom stereocenters. The maximum absolute atomic E-state index is 14.7. The van der Waals surface area contributed by atoms with Gasteiger partial charge in [-0.25, -0.2) is 4.79 Å². The van der Waals surface area contributed by atoms with Crippen molar-refractivity contribution in [1.29, 1.82) is 0 Å². The molecule has 6 aliphatic rings. The Hall–Kier alpha value is -3.91. The number of ketones is 2. The van der Waals surface area contributed by atoms with Crippen molar-refractivity contribution >= 4 is 23.6 Å². The second-order valence-electron chi connectivity index (χ2n) is 14.8. The summed E-state index contributed by atoms with van der Waals surface area (Å²) in [6, 6.07) is 0. The lowest BCUT2D eigenvalue weighted by molar-refractivity contribution is -0.171. The average molecular weight is 629 g/mol. The molecule has 46 heavy (non-hydrogen) atoms. The monoisotopic (exact) mass is 628 g/mol. The topological polar surface area (TPSA) is 119 Å². The van der Waals surface area contributed by atoms with Crippen molar-refractivity contribution in [3.63, 3.8) is 0 Å². The summed E-state index contributed by atoms with van der Waals surface area (Å²) in [5.41, 5.74) is -0.952. The van der Waals surface area contributed by atoms with E-state index in [0.29, 0.717) is 41.7 Å². The Bertz CT molecular complexity index is 1730. The number of rotatable bonds is 8. The van der Waals surface area contributed by atoms with Crippen LogP contribution in [-0.4, -0.2) is 50.2 Å². The van der Waals surface area contributed by atoms with E-state index >= 15 is 0 Å². The molecule has 3 aliphatic heterocycles. The number of carbonyl (C=O) groups is 3. The zero-order chi connectivity index (χ0) is 33.6. The highest BCUT2D eigenvalue weighted by Gasteiger charge is 2.81. The van der Waals surface area contributed by atoms with E-state index < -0.39 is 40.1 Å². The van der Waals surface area contributed by atoms with Crippen LogP contribution in [0.1, 0.15) is 103 Å². The average Bonchev–Trinajstić information content (AvgIpc) is 3.12. The number of Topliss-reactive ketones (excluding diaryl/α,β-unsaturated/α-hetero) is 2. The summed E-state index contributed by atoms with van der Waals surface area (Å²) in [6.45, 7) is 15.4. The lowest BCUT2D eigenvalue weighted by Gasteiger charge is -2.56. The molecule has 1 aromatic carbocycles. The molecule has 0 aromatic heterocycles. The number of aliphatic carboxylic acids is 1. The fourth-order valence-corrected chi connectivity index (χ4v) is 8.17. The minimum absolute atomic E-state index is 0.0544. The first-order valence-electron chi connectivity index (χ1n) is 16.2. The summed E-state index contributed by atoms with van der Waals surface area (Å²) < 4.78 is 20.6. The largest absolute Gasteiger partial charge is 0.506 e. The highest BCUT2D eigenvalue weighted by atomic mass is 16.6. The predicted molar refractivity (Wildman–Crippen MR) is 174 cm³/mol. The quantitative estimate of drug-likeness (QED) is 0.228. The third-order valence-corrected chi connectivity index (χ3v) is 10.5. The number of phenols is 1. The van der Waals surface area contributed by atoms with Crippen LogP contribution in [0.3, 0.4) is 0 Å². The summed E-state index contributed by atoms with van der Waals surface area (Å²) in [7, 11) is 0. The fraction of sp³-hybridized carbons (Fsp3) is 0.500. The third-order valence-electron chi connectivity index (χ3n) is 10.5. The molecular formula is C38H44O8. The van der Waals surface area contributed by atoms with Gasteiger partial charge in [0.05, 0.1) is 11.2 Å². The van der Waals surface area contributed by atoms with Crippen molar-refractivity contribution in [3.8, 4) is 17.2 Å². The van der Waals surface area contributed by atoms with Crippen LogP contribution in [0.4, 0.5) is 0 Å². The number of aromatic hydroxyl groups is 1. The highest BCUT2D eigenvalue weighted by molar-refractivity contribution is 6.19. The Kier molecular flexibility index (Phi) is 7.36. The minimum Gasteiger partial charge on any atom is -0.506 e. The molecule has 2 fully saturated rings. The first-order valence-corrected chi connectivity index (χ1v) is 16.2. The van der Waals surface area contributed by atoms with Crippen molar-refractivity contribution in [2.75, 3.05) is 0 Å². The zero-order valence-electron chi connectivity index (χ0n) is 28.0. The maximum Gasteiger partial charge on any atom is 0.330 e. The normalized spacial score (nSPS) is 31.2. The van der Waals surface area contributed by atoms with Gasteiger partial charge in [0.15, 0.2) is 22.8 Å². The molecular weight excluding hydrogens is 584 g/mol. The van der Waals surface area contributed by atoms with Crippen LogP contribution in [0, 0.1) is 11.8 Å². The summed E-state index contributed by atoms with van der Waals surface area (Å²) in [5.74, 6) is -2.28. The molecule has 5 atom stereocenters. The number of allylic oxidation sites excluding steroid dienone is 5. The van der Waals surface area contributed by atoms with E-state index in [1.807, 2.05) is 52.8 Å². The standard InChI is InChI=1S/C38H44O8/c1-20(2)10-9-15-36(8)16-14-24-29(39)28-30(40)26-18-23-19-27-35(6,7)46-37(33(23)41,17-13-22(5)34(42)43)38(26,27)45-32(28)25(31(24)44-36)12-11-21(3)4/h10-11,13-14,16,18,23,27,39H,9,12,15,17,19H2,1-8H3,(H,42,43)/b22-13-/t23-,27?,36?,37+,38-/m1/s1. The zero-order valence-corrected chi connectivity index (χ0v) is 28.0. The van der Waals surface area contributed by atoms with Gasteiger partial charge in [0.2, 0.25) is 0 Å². The molecule has 2 N–H and O–H groups in total. The van der Waals surface area contributed by atoms with Crippen LogP contribution in [0.15, 0.2) is 52.7 Å². The fourth-order valence-electron chi connectivity index (χ4n) is 8.17. The first kappa shape index (κ1) is 32.0. The molecule has 0 amide bonds. The lowest BCUT2D eigenvalue weighted by Crippen LogP contribution is -2.72. The van der Waals surface area contributed by atoms with E-state index in [2.05, 4.69) is 19.9 Å². The van der Waals surface area contributed by atoms with Gasteiger partial charge < -0.3 is 24.4 Å². The van der Waals surface area contributed by atoms with E-state index in [4.69, 9.17) is 14.2 Å². The molecule has 3 aliphatic carbocycles. The van der Waals surface area contributed by atoms with Crippen molar-refractivity contribution in [1.82, 2.24) is 0 Å². The molecule has 1 saturated heterocycles. The molecule has 8 nitrogen and oxygen atoms in total. The van der Waals surface area contributed by atoms with Crippen LogP contribution in [0.25, 0.3) is 6.08 Å². The summed E-state index contributed by atoms with van der Waals surface area (Å²) >= 11 is 0. The van der Waals surface area contributed by atoms with Gasteiger partial charge in [0, 0.05) is 35.0 Å². The van der Waals surface area contributed by atoms with E-state index in [0.717, 1.165) is 12.0 Å². The van der Waals surface area contributed by atoms with Crippen LogP contribution in [-0.2, 0) is 20.7 Å². The second-order valence-corrected chi connectivity index (χ2v) is 14.8. The van der Waals surface area contributed by atoms with Crippen molar-refractivity contribution in [2.45, 2.75) is 110 Å². The van der Waals surface area contributed by atoms with E-state index in [1.54, 1.807) is 6.08 Å². The van der Waals surface area contributed by atoms with Gasteiger partial charge in [-0.2, -0.15) is 0 Å². The molecule has 3 heterocycles. The van der Waals surface area contributed by atoms with Crippen LogP contribution in [0.2, 0.25) is 0 Å². The SMILES string of the molecule is CC(C)=CCCC1(C)C=Cc2c(O)c3c(c(CC=C(C)C)c2O1)O[C@]12C(=C[C@@H]4CC1C(C)(C)O[C@@]2(C/C=C(/C)C(=O)O)C4=O)C3=O. The minimum atomic E-state index is -1.63. The smallest absolute Gasteiger partial charge is 0.330 e. The van der Waals surface area contributed by atoms with Crippen molar-refractivity contribution < 1.29 is 38.8 Å². The van der Waals surface area contributed by atoms with Crippen LogP contribution in [0.5, 0.6) is 17.2 Å². The Morgan fingerprint density at radius 1 is 1.00 bits per heavy atom. The summed E-state index contributed by atoms with van der Waals surface area (Å²) in [4.78, 5) is 40.8. The number of fused-ring (bicyclic) bond motifs is 2. The molecule has 7 rings (SSSR count). The second kappa shape index (κ2) is 10.6. The molecule has 8 heteroatoms. The number of ether oxygens (including phenoxy) is 3. The van der Waals surface area contributed by atoms with Gasteiger partial charge in [-0.15, -0.1) is 0 Å². The molecule has 1 saturated carbocycles. The Morgan fingerprint density at radius 3 is 2.35 bits per heavy atom. The van der Waals surface area contributed by atoms with Crippen molar-refractivity contribution in [2.24, 2.45) is 11.8 Å². The van der Waals surface area contributed by atoms with Gasteiger partial charge >= 0.3 is 5.97 Å². The maximum atomic E-state index is 14.7. The van der Waals surface area contributed by atoms with E-state index in [-0.39, 0.29) is 40.8 Å². The van der Waals surface area contributed by atoms with Gasteiger partial charge in [-0.1, -0.05) is 35.5 Å². The van der Waals surface area contributed by atoms with E-state index in [1.165, 1.54) is 18.6 Å².